The Labute approximate surface area is 172 Å². The Bertz CT molecular complexity index is 898. The number of aryl methyl sites for hydroxylation is 2. The van der Waals surface area contributed by atoms with E-state index in [1.165, 1.54) is 6.92 Å². The van der Waals surface area contributed by atoms with E-state index in [1.807, 2.05) is 20.2 Å². The molecule has 0 aliphatic carbocycles. The lowest BCUT2D eigenvalue weighted by Gasteiger charge is -2.36. The summed E-state index contributed by atoms with van der Waals surface area (Å²) in [5, 5.41) is 7.44. The van der Waals surface area contributed by atoms with Gasteiger partial charge in [0.25, 0.3) is 0 Å². The molecule has 0 bridgehead atoms. The lowest BCUT2D eigenvalue weighted by molar-refractivity contribution is -0.142. The predicted molar refractivity (Wildman–Crippen MR) is 101 cm³/mol. The second-order valence-corrected chi connectivity index (χ2v) is 7.76. The summed E-state index contributed by atoms with van der Waals surface area (Å²) in [6.45, 7) is 8.06. The number of hydrogen-bond donors (Lipinski definition) is 0. The largest absolute Gasteiger partial charge is 0.436 e. The first kappa shape index (κ1) is 21.6. The van der Waals surface area contributed by atoms with Crippen molar-refractivity contribution in [2.24, 2.45) is 7.05 Å². The minimum atomic E-state index is -4.66. The van der Waals surface area contributed by atoms with Crippen LogP contribution in [0, 0.1) is 13.8 Å². The zero-order chi connectivity index (χ0) is 21.5. The maximum atomic E-state index is 13.0. The van der Waals surface area contributed by atoms with Gasteiger partial charge in [0.15, 0.2) is 5.69 Å². The summed E-state index contributed by atoms with van der Waals surface area (Å²) in [5.74, 6) is -0.266. The second-order valence-electron chi connectivity index (χ2n) is 7.38. The van der Waals surface area contributed by atoms with Crippen molar-refractivity contribution in [1.82, 2.24) is 29.4 Å². The van der Waals surface area contributed by atoms with E-state index in [0.29, 0.717) is 26.2 Å². The summed E-state index contributed by atoms with van der Waals surface area (Å²) in [6.07, 6.45) is -2.68. The van der Waals surface area contributed by atoms with Crippen LogP contribution in [0.25, 0.3) is 0 Å². The van der Waals surface area contributed by atoms with Crippen molar-refractivity contribution in [2.45, 2.75) is 39.5 Å². The molecule has 29 heavy (non-hydrogen) atoms. The average molecular weight is 433 g/mol. The summed E-state index contributed by atoms with van der Waals surface area (Å²) in [6, 6.07) is -0.865. The van der Waals surface area contributed by atoms with Crippen molar-refractivity contribution < 1.29 is 18.0 Å². The molecule has 0 radical (unpaired) electrons. The molecule has 1 aliphatic heterocycles. The van der Waals surface area contributed by atoms with E-state index in [9.17, 15) is 18.0 Å². The van der Waals surface area contributed by atoms with E-state index in [1.54, 1.807) is 16.5 Å². The van der Waals surface area contributed by atoms with Crippen molar-refractivity contribution in [3.63, 3.8) is 0 Å². The highest BCUT2D eigenvalue weighted by Crippen LogP contribution is 2.36. The summed E-state index contributed by atoms with van der Waals surface area (Å²) in [5.41, 5.74) is 1.09. The molecule has 160 valence electrons. The minimum Gasteiger partial charge on any atom is -0.338 e. The number of hydrogen-bond acceptors (Lipinski definition) is 4. The molecule has 0 N–H and O–H groups in total. The molecule has 7 nitrogen and oxygen atoms in total. The van der Waals surface area contributed by atoms with Gasteiger partial charge in [-0.05, 0) is 20.8 Å². The summed E-state index contributed by atoms with van der Waals surface area (Å²) < 4.78 is 42.0. The van der Waals surface area contributed by atoms with Gasteiger partial charge in [-0.15, -0.1) is 0 Å². The first-order valence-corrected chi connectivity index (χ1v) is 9.69. The third-order valence-corrected chi connectivity index (χ3v) is 5.72. The third-order valence-electron chi connectivity index (χ3n) is 5.26. The van der Waals surface area contributed by atoms with Crippen LogP contribution in [-0.2, 0) is 24.6 Å². The quantitative estimate of drug-likeness (QED) is 0.745. The summed E-state index contributed by atoms with van der Waals surface area (Å²) in [7, 11) is 1.88. The number of rotatable bonds is 4. The van der Waals surface area contributed by atoms with Gasteiger partial charge in [0.2, 0.25) is 5.91 Å². The molecule has 0 saturated carbocycles. The Morgan fingerprint density at radius 2 is 1.83 bits per heavy atom. The summed E-state index contributed by atoms with van der Waals surface area (Å²) >= 11 is 5.80. The van der Waals surface area contributed by atoms with Gasteiger partial charge in [0.1, 0.15) is 6.04 Å². The van der Waals surface area contributed by atoms with Gasteiger partial charge in [0, 0.05) is 51.5 Å². The number of carbonyl (C=O) groups is 1. The van der Waals surface area contributed by atoms with Gasteiger partial charge in [-0.25, -0.2) is 0 Å². The van der Waals surface area contributed by atoms with Crippen molar-refractivity contribution in [3.05, 3.63) is 33.9 Å². The monoisotopic (exact) mass is 432 g/mol. The number of piperazine rings is 1. The van der Waals surface area contributed by atoms with Gasteiger partial charge in [0.05, 0.1) is 16.4 Å². The average Bonchev–Trinajstić information content (AvgIpc) is 3.13. The smallest absolute Gasteiger partial charge is 0.338 e. The van der Waals surface area contributed by atoms with Crippen LogP contribution in [0.2, 0.25) is 5.02 Å². The van der Waals surface area contributed by atoms with Gasteiger partial charge in [-0.1, -0.05) is 11.6 Å². The highest BCUT2D eigenvalue weighted by molar-refractivity contribution is 6.32. The normalized spacial score (nSPS) is 17.0. The highest BCUT2D eigenvalue weighted by Gasteiger charge is 2.39. The Morgan fingerprint density at radius 3 is 2.31 bits per heavy atom. The standard InChI is InChI=1S/C18H24ClF3N6O/c1-11-14(9-25(4)23-11)10-26-5-7-27(8-6-26)17(29)13(3)28-12(2)15(19)16(24-28)18(20,21)22/h9,13H,5-8,10H2,1-4H3/t13-/m1/s1. The minimum absolute atomic E-state index is 0.130. The number of halogens is 4. The second kappa shape index (κ2) is 7.98. The molecule has 2 aromatic heterocycles. The van der Waals surface area contributed by atoms with Crippen LogP contribution in [0.3, 0.4) is 0 Å². The fraction of sp³-hybridized carbons (Fsp3) is 0.611. The fourth-order valence-electron chi connectivity index (χ4n) is 3.60. The van der Waals surface area contributed by atoms with E-state index >= 15 is 0 Å². The van der Waals surface area contributed by atoms with Gasteiger partial charge < -0.3 is 4.90 Å². The summed E-state index contributed by atoms with van der Waals surface area (Å²) in [4.78, 5) is 16.8. The maximum absolute atomic E-state index is 13.0. The molecular weight excluding hydrogens is 409 g/mol. The van der Waals surface area contributed by atoms with Crippen LogP contribution >= 0.6 is 11.6 Å². The molecular formula is C18H24ClF3N6O. The van der Waals surface area contributed by atoms with E-state index < -0.39 is 22.9 Å². The molecule has 1 atom stereocenters. The predicted octanol–water partition coefficient (Wildman–Crippen LogP) is 2.81. The lowest BCUT2D eigenvalue weighted by atomic mass is 10.2. The Morgan fingerprint density at radius 1 is 1.21 bits per heavy atom. The molecule has 1 saturated heterocycles. The molecule has 11 heteroatoms. The van der Waals surface area contributed by atoms with Crippen molar-refractivity contribution in [2.75, 3.05) is 26.2 Å². The zero-order valence-electron chi connectivity index (χ0n) is 16.8. The maximum Gasteiger partial charge on any atom is 0.436 e. The molecule has 2 aromatic rings. The van der Waals surface area contributed by atoms with Crippen LogP contribution in [-0.4, -0.2) is 61.4 Å². The van der Waals surface area contributed by atoms with Crippen LogP contribution in [0.5, 0.6) is 0 Å². The molecule has 0 aromatic carbocycles. The SMILES string of the molecule is Cc1nn(C)cc1CN1CCN(C(=O)[C@@H](C)n2nc(C(F)(F)F)c(Cl)c2C)CC1. The third kappa shape index (κ3) is 4.42. The van der Waals surface area contributed by atoms with E-state index in [4.69, 9.17) is 11.6 Å². The van der Waals surface area contributed by atoms with Gasteiger partial charge in [-0.3, -0.25) is 19.1 Å². The number of aromatic nitrogens is 4. The Kier molecular flexibility index (Phi) is 5.96. The van der Waals surface area contributed by atoms with E-state index in [2.05, 4.69) is 15.1 Å². The van der Waals surface area contributed by atoms with Crippen LogP contribution in [0.4, 0.5) is 13.2 Å². The van der Waals surface area contributed by atoms with E-state index in [0.717, 1.165) is 22.5 Å². The zero-order valence-corrected chi connectivity index (χ0v) is 17.5. The first-order valence-electron chi connectivity index (χ1n) is 9.31. The Balaban J connectivity index is 1.64. The topological polar surface area (TPSA) is 59.2 Å². The van der Waals surface area contributed by atoms with Crippen LogP contribution < -0.4 is 0 Å². The molecule has 1 fully saturated rings. The van der Waals surface area contributed by atoms with Crippen molar-refractivity contribution in [1.29, 1.82) is 0 Å². The van der Waals surface area contributed by atoms with E-state index in [-0.39, 0.29) is 11.6 Å². The fourth-order valence-corrected chi connectivity index (χ4v) is 3.83. The molecule has 1 amide bonds. The van der Waals surface area contributed by atoms with Crippen molar-refractivity contribution in [3.8, 4) is 0 Å². The van der Waals surface area contributed by atoms with Gasteiger partial charge in [-0.2, -0.15) is 23.4 Å². The number of carbonyl (C=O) groups excluding carboxylic acids is 1. The van der Waals surface area contributed by atoms with Crippen LogP contribution in [0.1, 0.15) is 35.6 Å². The van der Waals surface area contributed by atoms with Crippen LogP contribution in [0.15, 0.2) is 6.20 Å². The highest BCUT2D eigenvalue weighted by atomic mass is 35.5. The lowest BCUT2D eigenvalue weighted by Crippen LogP contribution is -2.50. The van der Waals surface area contributed by atoms with Gasteiger partial charge >= 0.3 is 6.18 Å². The molecule has 3 rings (SSSR count). The number of alkyl halides is 3. The molecule has 0 unspecified atom stereocenters. The Hall–Kier alpha value is -2.07. The molecule has 0 spiro atoms. The number of amides is 1. The number of nitrogens with zero attached hydrogens (tertiary/aromatic N) is 6. The molecule has 1 aliphatic rings. The van der Waals surface area contributed by atoms with Crippen molar-refractivity contribution >= 4 is 17.5 Å². The molecule has 3 heterocycles. The first-order chi connectivity index (χ1) is 13.5.